The number of carbonyl (C=O) groups is 1. The van der Waals surface area contributed by atoms with E-state index in [2.05, 4.69) is 9.97 Å². The van der Waals surface area contributed by atoms with Gasteiger partial charge in [-0.15, -0.1) is 0 Å². The number of aryl methyl sites for hydroxylation is 1. The number of aromatic nitrogens is 2. The van der Waals surface area contributed by atoms with Crippen LogP contribution >= 0.6 is 0 Å². The van der Waals surface area contributed by atoms with Gasteiger partial charge in [0.2, 0.25) is 11.9 Å². The van der Waals surface area contributed by atoms with Crippen LogP contribution in [-0.2, 0) is 4.79 Å². The molecule has 1 aliphatic rings. The van der Waals surface area contributed by atoms with Crippen molar-refractivity contribution in [3.63, 3.8) is 0 Å². The number of aromatic amines is 1. The number of hydrogen-bond donors (Lipinski definition) is 2. The number of nitrogens with one attached hydrogen (secondary N) is 1. The quantitative estimate of drug-likeness (QED) is 0.833. The number of benzene rings is 1. The van der Waals surface area contributed by atoms with Crippen molar-refractivity contribution >= 4 is 22.9 Å². The molecule has 0 spiro atoms. The van der Waals surface area contributed by atoms with Crippen LogP contribution < -0.4 is 10.6 Å². The van der Waals surface area contributed by atoms with E-state index in [0.717, 1.165) is 16.6 Å². The number of anilines is 1. The highest BCUT2D eigenvalue weighted by molar-refractivity contribution is 5.95. The highest BCUT2D eigenvalue weighted by atomic mass is 16.2. The molecule has 1 fully saturated rings. The Hall–Kier alpha value is -1.88. The molecule has 5 nitrogen and oxygen atoms in total. The Balaban J connectivity index is 2.00. The topological polar surface area (TPSA) is 75.0 Å². The van der Waals surface area contributed by atoms with Gasteiger partial charge in [0.05, 0.1) is 11.0 Å². The first-order chi connectivity index (χ1) is 8.69. The molecular weight excluding hydrogens is 228 g/mol. The minimum Gasteiger partial charge on any atom is -0.330 e. The average Bonchev–Trinajstić information content (AvgIpc) is 2.93. The molecule has 1 amide bonds. The minimum atomic E-state index is 0.0992. The molecule has 0 radical (unpaired) electrons. The van der Waals surface area contributed by atoms with Crippen molar-refractivity contribution < 1.29 is 4.79 Å². The van der Waals surface area contributed by atoms with Gasteiger partial charge in [0.25, 0.3) is 0 Å². The van der Waals surface area contributed by atoms with Gasteiger partial charge in [-0.2, -0.15) is 0 Å². The van der Waals surface area contributed by atoms with Gasteiger partial charge in [-0.3, -0.25) is 9.69 Å². The molecule has 2 heterocycles. The van der Waals surface area contributed by atoms with Crippen LogP contribution in [-0.4, -0.2) is 29.0 Å². The Morgan fingerprint density at radius 1 is 1.56 bits per heavy atom. The molecule has 0 aliphatic carbocycles. The van der Waals surface area contributed by atoms with Gasteiger partial charge in [-0.25, -0.2) is 4.98 Å². The molecule has 5 heteroatoms. The SMILES string of the molecule is Cc1cccc2[nH]c(N3CC(CN)CC3=O)nc12. The third-order valence-corrected chi connectivity index (χ3v) is 3.50. The smallest absolute Gasteiger partial charge is 0.229 e. The van der Waals surface area contributed by atoms with Crippen LogP contribution in [0.1, 0.15) is 12.0 Å². The van der Waals surface area contributed by atoms with Crippen molar-refractivity contribution in [2.24, 2.45) is 11.7 Å². The Morgan fingerprint density at radius 3 is 3.06 bits per heavy atom. The van der Waals surface area contributed by atoms with E-state index in [1.54, 1.807) is 4.90 Å². The second kappa shape index (κ2) is 4.10. The molecule has 1 aromatic heterocycles. The number of para-hydroxylation sites is 1. The molecule has 94 valence electrons. The van der Waals surface area contributed by atoms with Crippen LogP contribution in [0.4, 0.5) is 5.95 Å². The lowest BCUT2D eigenvalue weighted by molar-refractivity contribution is -0.117. The zero-order valence-corrected chi connectivity index (χ0v) is 10.3. The zero-order valence-electron chi connectivity index (χ0n) is 10.3. The van der Waals surface area contributed by atoms with Crippen LogP contribution in [0.5, 0.6) is 0 Å². The monoisotopic (exact) mass is 244 g/mol. The van der Waals surface area contributed by atoms with E-state index < -0.39 is 0 Å². The number of H-pyrrole nitrogens is 1. The predicted molar refractivity (Wildman–Crippen MR) is 70.3 cm³/mol. The number of nitrogens with two attached hydrogens (primary N) is 1. The van der Waals surface area contributed by atoms with Gasteiger partial charge in [0.1, 0.15) is 0 Å². The van der Waals surface area contributed by atoms with Crippen molar-refractivity contribution in [2.45, 2.75) is 13.3 Å². The third-order valence-electron chi connectivity index (χ3n) is 3.50. The van der Waals surface area contributed by atoms with Crippen LogP contribution in [0, 0.1) is 12.8 Å². The largest absolute Gasteiger partial charge is 0.330 e. The Labute approximate surface area is 105 Å². The number of imidazole rings is 1. The maximum Gasteiger partial charge on any atom is 0.229 e. The standard InChI is InChI=1S/C13H16N4O/c1-8-3-2-4-10-12(8)16-13(15-10)17-7-9(6-14)5-11(17)18/h2-4,9H,5-7,14H2,1H3,(H,15,16). The molecule has 18 heavy (non-hydrogen) atoms. The maximum absolute atomic E-state index is 11.9. The summed E-state index contributed by atoms with van der Waals surface area (Å²) in [4.78, 5) is 21.4. The summed E-state index contributed by atoms with van der Waals surface area (Å²) in [6.07, 6.45) is 0.520. The number of amides is 1. The van der Waals surface area contributed by atoms with Crippen LogP contribution in [0.3, 0.4) is 0 Å². The summed E-state index contributed by atoms with van der Waals surface area (Å²) in [5.74, 6) is 0.981. The molecule has 2 aromatic rings. The first-order valence-electron chi connectivity index (χ1n) is 6.15. The molecule has 1 atom stereocenters. The highest BCUT2D eigenvalue weighted by Gasteiger charge is 2.31. The first-order valence-corrected chi connectivity index (χ1v) is 6.15. The summed E-state index contributed by atoms with van der Waals surface area (Å²) < 4.78 is 0. The van der Waals surface area contributed by atoms with Crippen LogP contribution in [0.25, 0.3) is 11.0 Å². The normalized spacial score (nSPS) is 20.0. The highest BCUT2D eigenvalue weighted by Crippen LogP contribution is 2.25. The van der Waals surface area contributed by atoms with Crippen LogP contribution in [0.15, 0.2) is 18.2 Å². The fourth-order valence-electron chi connectivity index (χ4n) is 2.43. The van der Waals surface area contributed by atoms with E-state index in [1.165, 1.54) is 0 Å². The molecule has 1 unspecified atom stereocenters. The van der Waals surface area contributed by atoms with Crippen LogP contribution in [0.2, 0.25) is 0 Å². The number of fused-ring (bicyclic) bond motifs is 1. The minimum absolute atomic E-state index is 0.0992. The Kier molecular flexibility index (Phi) is 2.56. The number of nitrogens with zero attached hydrogens (tertiary/aromatic N) is 2. The number of hydrogen-bond acceptors (Lipinski definition) is 3. The lowest BCUT2D eigenvalue weighted by atomic mass is 10.1. The van der Waals surface area contributed by atoms with Crippen molar-refractivity contribution in [3.8, 4) is 0 Å². The molecule has 1 aliphatic heterocycles. The molecule has 1 aromatic carbocycles. The number of carbonyl (C=O) groups excluding carboxylic acids is 1. The summed E-state index contributed by atoms with van der Waals surface area (Å²) >= 11 is 0. The van der Waals surface area contributed by atoms with E-state index in [9.17, 15) is 4.79 Å². The predicted octanol–water partition coefficient (Wildman–Crippen LogP) is 1.18. The van der Waals surface area contributed by atoms with Gasteiger partial charge in [-0.05, 0) is 31.0 Å². The van der Waals surface area contributed by atoms with E-state index in [-0.39, 0.29) is 11.8 Å². The van der Waals surface area contributed by atoms with Crippen molar-refractivity contribution in [1.82, 2.24) is 9.97 Å². The zero-order chi connectivity index (χ0) is 12.7. The summed E-state index contributed by atoms with van der Waals surface area (Å²) in [5, 5.41) is 0. The first kappa shape index (κ1) is 11.2. The fourth-order valence-corrected chi connectivity index (χ4v) is 2.43. The molecule has 0 bridgehead atoms. The van der Waals surface area contributed by atoms with E-state index >= 15 is 0 Å². The van der Waals surface area contributed by atoms with Gasteiger partial charge < -0.3 is 10.7 Å². The average molecular weight is 244 g/mol. The van der Waals surface area contributed by atoms with Gasteiger partial charge in [0, 0.05) is 13.0 Å². The maximum atomic E-state index is 11.9. The summed E-state index contributed by atoms with van der Waals surface area (Å²) in [7, 11) is 0. The van der Waals surface area contributed by atoms with E-state index in [4.69, 9.17) is 5.73 Å². The Morgan fingerprint density at radius 2 is 2.39 bits per heavy atom. The molecule has 3 rings (SSSR count). The molecule has 1 saturated heterocycles. The molecule has 0 saturated carbocycles. The molecular formula is C13H16N4O. The van der Waals surface area contributed by atoms with Gasteiger partial charge in [0.15, 0.2) is 0 Å². The van der Waals surface area contributed by atoms with Crippen molar-refractivity contribution in [1.29, 1.82) is 0 Å². The fraction of sp³-hybridized carbons (Fsp3) is 0.385. The lowest BCUT2D eigenvalue weighted by Crippen LogP contribution is -2.26. The summed E-state index contributed by atoms with van der Waals surface area (Å²) in [5.41, 5.74) is 8.63. The van der Waals surface area contributed by atoms with Gasteiger partial charge >= 0.3 is 0 Å². The summed E-state index contributed by atoms with van der Waals surface area (Å²) in [6, 6.07) is 5.97. The molecule has 3 N–H and O–H groups in total. The summed E-state index contributed by atoms with van der Waals surface area (Å²) in [6.45, 7) is 3.22. The number of rotatable bonds is 2. The second-order valence-electron chi connectivity index (χ2n) is 4.84. The second-order valence-corrected chi connectivity index (χ2v) is 4.84. The lowest BCUT2D eigenvalue weighted by Gasteiger charge is -2.12. The van der Waals surface area contributed by atoms with Gasteiger partial charge in [-0.1, -0.05) is 12.1 Å². The van der Waals surface area contributed by atoms with Crippen molar-refractivity contribution in [3.05, 3.63) is 23.8 Å². The van der Waals surface area contributed by atoms with E-state index in [1.807, 2.05) is 25.1 Å². The Bertz CT molecular complexity index is 604. The third kappa shape index (κ3) is 1.67. The van der Waals surface area contributed by atoms with E-state index in [0.29, 0.717) is 25.5 Å². The van der Waals surface area contributed by atoms with Crippen molar-refractivity contribution in [2.75, 3.05) is 18.0 Å².